The zero-order chi connectivity index (χ0) is 16.5. The maximum atomic E-state index is 11.9. The van der Waals surface area contributed by atoms with Gasteiger partial charge in [0.2, 0.25) is 0 Å². The van der Waals surface area contributed by atoms with Crippen molar-refractivity contribution in [1.29, 1.82) is 0 Å². The Labute approximate surface area is 136 Å². The largest absolute Gasteiger partial charge is 0.492 e. The first-order chi connectivity index (χ1) is 11.2. The number of rotatable bonds is 7. The third-order valence-corrected chi connectivity index (χ3v) is 3.32. The smallest absolute Gasteiger partial charge is 0.319 e. The van der Waals surface area contributed by atoms with Crippen LogP contribution in [0, 0.1) is 0 Å². The van der Waals surface area contributed by atoms with Gasteiger partial charge in [-0.1, -0.05) is 42.5 Å². The molecule has 5 heteroatoms. The molecule has 0 aromatic heterocycles. The zero-order valence-corrected chi connectivity index (χ0v) is 13.2. The van der Waals surface area contributed by atoms with E-state index in [2.05, 4.69) is 10.6 Å². The van der Waals surface area contributed by atoms with Crippen molar-refractivity contribution in [2.24, 2.45) is 0 Å². The molecule has 2 rings (SSSR count). The van der Waals surface area contributed by atoms with Crippen molar-refractivity contribution in [2.45, 2.75) is 19.4 Å². The number of anilines is 1. The van der Waals surface area contributed by atoms with Crippen LogP contribution in [0.15, 0.2) is 54.6 Å². The van der Waals surface area contributed by atoms with Gasteiger partial charge >= 0.3 is 6.03 Å². The number of hydrogen-bond donors (Lipinski definition) is 3. The number of aliphatic hydroxyl groups excluding tert-OH is 1. The summed E-state index contributed by atoms with van der Waals surface area (Å²) in [6, 6.07) is 16.3. The first-order valence-corrected chi connectivity index (χ1v) is 7.70. The van der Waals surface area contributed by atoms with Crippen molar-refractivity contribution < 1.29 is 14.6 Å². The van der Waals surface area contributed by atoms with E-state index >= 15 is 0 Å². The Morgan fingerprint density at radius 3 is 2.57 bits per heavy atom. The van der Waals surface area contributed by atoms with Crippen LogP contribution >= 0.6 is 0 Å². The number of carbonyl (C=O) groups excluding carboxylic acids is 1. The Balaban J connectivity index is 1.79. The highest BCUT2D eigenvalue weighted by Crippen LogP contribution is 2.23. The molecule has 0 spiro atoms. The van der Waals surface area contributed by atoms with Gasteiger partial charge in [-0.2, -0.15) is 0 Å². The fraction of sp³-hybridized carbons (Fsp3) is 0.278. The van der Waals surface area contributed by atoms with E-state index < -0.39 is 6.10 Å². The second kappa shape index (κ2) is 8.80. The highest BCUT2D eigenvalue weighted by molar-refractivity contribution is 5.90. The van der Waals surface area contributed by atoms with Crippen LogP contribution in [0.1, 0.15) is 25.0 Å². The Morgan fingerprint density at radius 2 is 1.83 bits per heavy atom. The van der Waals surface area contributed by atoms with E-state index in [1.165, 1.54) is 0 Å². The van der Waals surface area contributed by atoms with Gasteiger partial charge in [0, 0.05) is 6.54 Å². The highest BCUT2D eigenvalue weighted by atomic mass is 16.5. The number of nitrogens with one attached hydrogen (secondary N) is 2. The van der Waals surface area contributed by atoms with Crippen molar-refractivity contribution in [3.8, 4) is 5.75 Å². The number of carbonyl (C=O) groups is 1. The molecule has 0 radical (unpaired) electrons. The third kappa shape index (κ3) is 5.30. The molecule has 3 N–H and O–H groups in total. The fourth-order valence-electron chi connectivity index (χ4n) is 2.18. The molecule has 23 heavy (non-hydrogen) atoms. The summed E-state index contributed by atoms with van der Waals surface area (Å²) in [5, 5.41) is 15.5. The summed E-state index contributed by atoms with van der Waals surface area (Å²) in [6.45, 7) is 2.80. The van der Waals surface area contributed by atoms with E-state index in [0.29, 0.717) is 31.0 Å². The van der Waals surface area contributed by atoms with Crippen LogP contribution in [0.4, 0.5) is 10.5 Å². The highest BCUT2D eigenvalue weighted by Gasteiger charge is 2.09. The standard InChI is InChI=1S/C18H22N2O3/c1-2-23-17-11-7-6-10-15(17)20-18(22)19-13-12-16(21)14-8-4-3-5-9-14/h3-11,16,21H,2,12-13H2,1H3,(H2,19,20,22). The van der Waals surface area contributed by atoms with E-state index in [-0.39, 0.29) is 6.03 Å². The number of benzene rings is 2. The molecule has 2 aromatic rings. The van der Waals surface area contributed by atoms with E-state index in [4.69, 9.17) is 4.74 Å². The lowest BCUT2D eigenvalue weighted by molar-refractivity contribution is 0.167. The monoisotopic (exact) mass is 314 g/mol. The topological polar surface area (TPSA) is 70.6 Å². The van der Waals surface area contributed by atoms with E-state index in [0.717, 1.165) is 5.56 Å². The minimum Gasteiger partial charge on any atom is -0.492 e. The Morgan fingerprint density at radius 1 is 1.13 bits per heavy atom. The summed E-state index contributed by atoms with van der Waals surface area (Å²) >= 11 is 0. The predicted molar refractivity (Wildman–Crippen MR) is 90.7 cm³/mol. The summed E-state index contributed by atoms with van der Waals surface area (Å²) in [4.78, 5) is 11.9. The van der Waals surface area contributed by atoms with Crippen molar-refractivity contribution >= 4 is 11.7 Å². The predicted octanol–water partition coefficient (Wildman–Crippen LogP) is 3.33. The SMILES string of the molecule is CCOc1ccccc1NC(=O)NCCC(O)c1ccccc1. The normalized spacial score (nSPS) is 11.6. The van der Waals surface area contributed by atoms with Gasteiger partial charge in [0.05, 0.1) is 18.4 Å². The summed E-state index contributed by atoms with van der Waals surface area (Å²) in [7, 11) is 0. The van der Waals surface area contributed by atoms with Crippen molar-refractivity contribution in [3.63, 3.8) is 0 Å². The van der Waals surface area contributed by atoms with Gasteiger partial charge in [-0.05, 0) is 31.0 Å². The number of urea groups is 1. The zero-order valence-electron chi connectivity index (χ0n) is 13.2. The molecule has 0 aliphatic rings. The van der Waals surface area contributed by atoms with Crippen LogP contribution in [-0.4, -0.2) is 24.3 Å². The lowest BCUT2D eigenvalue weighted by Crippen LogP contribution is -2.30. The molecule has 0 aliphatic carbocycles. The minimum atomic E-state index is -0.591. The quantitative estimate of drug-likeness (QED) is 0.734. The molecule has 0 heterocycles. The van der Waals surface area contributed by atoms with Crippen LogP contribution in [0.2, 0.25) is 0 Å². The molecule has 0 saturated heterocycles. The van der Waals surface area contributed by atoms with Gasteiger partial charge in [0.15, 0.2) is 0 Å². The number of amides is 2. The lowest BCUT2D eigenvalue weighted by atomic mass is 10.1. The Kier molecular flexibility index (Phi) is 6.44. The van der Waals surface area contributed by atoms with Crippen LogP contribution in [0.5, 0.6) is 5.75 Å². The van der Waals surface area contributed by atoms with Gasteiger partial charge in [-0.25, -0.2) is 4.79 Å². The third-order valence-electron chi connectivity index (χ3n) is 3.32. The Hall–Kier alpha value is -2.53. The van der Waals surface area contributed by atoms with Crippen LogP contribution in [0.25, 0.3) is 0 Å². The Bertz CT molecular complexity index is 617. The van der Waals surface area contributed by atoms with Gasteiger partial charge in [0.1, 0.15) is 5.75 Å². The first kappa shape index (κ1) is 16.8. The van der Waals surface area contributed by atoms with Crippen molar-refractivity contribution in [3.05, 3.63) is 60.2 Å². The molecule has 5 nitrogen and oxygen atoms in total. The van der Waals surface area contributed by atoms with E-state index in [1.54, 1.807) is 12.1 Å². The molecule has 1 unspecified atom stereocenters. The first-order valence-electron chi connectivity index (χ1n) is 7.70. The average Bonchev–Trinajstić information content (AvgIpc) is 2.57. The van der Waals surface area contributed by atoms with Gasteiger partial charge in [-0.15, -0.1) is 0 Å². The van der Waals surface area contributed by atoms with Gasteiger partial charge in [-0.3, -0.25) is 0 Å². The molecule has 122 valence electrons. The summed E-state index contributed by atoms with van der Waals surface area (Å²) < 4.78 is 5.46. The molecule has 1 atom stereocenters. The van der Waals surface area contributed by atoms with Crippen molar-refractivity contribution in [1.82, 2.24) is 5.32 Å². The van der Waals surface area contributed by atoms with Gasteiger partial charge < -0.3 is 20.5 Å². The molecule has 2 amide bonds. The van der Waals surface area contributed by atoms with Gasteiger partial charge in [0.25, 0.3) is 0 Å². The maximum absolute atomic E-state index is 11.9. The van der Waals surface area contributed by atoms with Crippen LogP contribution in [0.3, 0.4) is 0 Å². The summed E-state index contributed by atoms with van der Waals surface area (Å²) in [5.74, 6) is 0.634. The van der Waals surface area contributed by atoms with Crippen LogP contribution in [-0.2, 0) is 0 Å². The number of hydrogen-bond acceptors (Lipinski definition) is 3. The lowest BCUT2D eigenvalue weighted by Gasteiger charge is -2.14. The fourth-order valence-corrected chi connectivity index (χ4v) is 2.18. The molecule has 0 fully saturated rings. The maximum Gasteiger partial charge on any atom is 0.319 e. The second-order valence-corrected chi connectivity index (χ2v) is 5.03. The van der Waals surface area contributed by atoms with Crippen molar-refractivity contribution in [2.75, 3.05) is 18.5 Å². The van der Waals surface area contributed by atoms with E-state index in [1.807, 2.05) is 49.4 Å². The van der Waals surface area contributed by atoms with Crippen LogP contribution < -0.4 is 15.4 Å². The molecular formula is C18H22N2O3. The summed E-state index contributed by atoms with van der Waals surface area (Å²) in [6.07, 6.45) is -0.142. The second-order valence-electron chi connectivity index (χ2n) is 5.03. The molecule has 0 aliphatic heterocycles. The minimum absolute atomic E-state index is 0.322. The number of ether oxygens (including phenoxy) is 1. The molecular weight excluding hydrogens is 292 g/mol. The molecule has 2 aromatic carbocycles. The summed E-state index contributed by atoms with van der Waals surface area (Å²) in [5.41, 5.74) is 1.46. The number of aliphatic hydroxyl groups is 1. The van der Waals surface area contributed by atoms with E-state index in [9.17, 15) is 9.90 Å². The molecule has 0 bridgehead atoms. The molecule has 0 saturated carbocycles. The average molecular weight is 314 g/mol. The number of para-hydroxylation sites is 2.